The van der Waals surface area contributed by atoms with Crippen LogP contribution in [0.3, 0.4) is 0 Å². The molecule has 0 saturated heterocycles. The van der Waals surface area contributed by atoms with Gasteiger partial charge in [0.1, 0.15) is 12.4 Å². The van der Waals surface area contributed by atoms with Gasteiger partial charge in [-0.05, 0) is 26.7 Å². The highest BCUT2D eigenvalue weighted by atomic mass is 32.1. The molecule has 1 aliphatic rings. The van der Waals surface area contributed by atoms with E-state index in [1.54, 1.807) is 18.4 Å². The summed E-state index contributed by atoms with van der Waals surface area (Å²) in [5.74, 6) is 1.67. The van der Waals surface area contributed by atoms with Crippen LogP contribution in [0.15, 0.2) is 0 Å². The maximum atomic E-state index is 12.2. The molecule has 9 heteroatoms. The number of amides is 1. The Morgan fingerprint density at radius 1 is 1.38 bits per heavy atom. The number of ether oxygens (including phenoxy) is 1. The molecule has 1 fully saturated rings. The maximum absolute atomic E-state index is 12.2. The van der Waals surface area contributed by atoms with Crippen LogP contribution in [0.1, 0.15) is 46.0 Å². The number of aliphatic hydroxyl groups is 1. The van der Waals surface area contributed by atoms with Gasteiger partial charge in [0.2, 0.25) is 5.91 Å². The van der Waals surface area contributed by atoms with E-state index in [-0.39, 0.29) is 24.5 Å². The van der Waals surface area contributed by atoms with E-state index in [2.05, 4.69) is 20.5 Å². The van der Waals surface area contributed by atoms with Gasteiger partial charge in [0.15, 0.2) is 5.82 Å². The molecule has 142 valence electrons. The molecule has 0 atom stereocenters. The predicted octanol–water partition coefficient (Wildman–Crippen LogP) is 1.10. The second-order valence-corrected chi connectivity index (χ2v) is 8.03. The standard InChI is InChI=1S/C17H25N5O3S/c1-10-14(18-11(2)26-10)8-16(24)19-13-6-12(7-13)17-21-20-15(9-23)22(17)4-5-25-3/h12-13,23H,4-9H2,1-3H3,(H,19,24). The smallest absolute Gasteiger partial charge is 0.226 e. The Morgan fingerprint density at radius 2 is 2.15 bits per heavy atom. The normalized spacial score (nSPS) is 19.4. The SMILES string of the molecule is COCCn1c(CO)nnc1C1CC(NC(=O)Cc2nc(C)sc2C)C1. The highest BCUT2D eigenvalue weighted by Gasteiger charge is 2.35. The van der Waals surface area contributed by atoms with Gasteiger partial charge in [0.25, 0.3) is 0 Å². The van der Waals surface area contributed by atoms with Crippen LogP contribution in [0.25, 0.3) is 0 Å². The number of aryl methyl sites for hydroxylation is 2. The van der Waals surface area contributed by atoms with Gasteiger partial charge < -0.3 is 19.7 Å². The number of nitrogens with one attached hydrogen (secondary N) is 1. The number of aliphatic hydroxyl groups excluding tert-OH is 1. The highest BCUT2D eigenvalue weighted by molar-refractivity contribution is 7.11. The molecule has 8 nitrogen and oxygen atoms in total. The van der Waals surface area contributed by atoms with Gasteiger partial charge in [-0.15, -0.1) is 21.5 Å². The molecule has 3 rings (SSSR count). The Balaban J connectivity index is 1.53. The zero-order valence-electron chi connectivity index (χ0n) is 15.4. The molecule has 2 heterocycles. The van der Waals surface area contributed by atoms with Crippen molar-refractivity contribution < 1.29 is 14.6 Å². The van der Waals surface area contributed by atoms with Gasteiger partial charge >= 0.3 is 0 Å². The van der Waals surface area contributed by atoms with Crippen LogP contribution >= 0.6 is 11.3 Å². The van der Waals surface area contributed by atoms with E-state index in [0.29, 0.717) is 25.4 Å². The second-order valence-electron chi connectivity index (χ2n) is 6.62. The lowest BCUT2D eigenvalue weighted by Crippen LogP contribution is -2.44. The lowest BCUT2D eigenvalue weighted by Gasteiger charge is -2.35. The average molecular weight is 379 g/mol. The van der Waals surface area contributed by atoms with Crippen LogP contribution in [0, 0.1) is 13.8 Å². The van der Waals surface area contributed by atoms with E-state index in [1.807, 2.05) is 18.4 Å². The Hall–Kier alpha value is -1.84. The minimum Gasteiger partial charge on any atom is -0.388 e. The van der Waals surface area contributed by atoms with E-state index in [4.69, 9.17) is 4.74 Å². The number of nitrogens with zero attached hydrogens (tertiary/aromatic N) is 4. The summed E-state index contributed by atoms with van der Waals surface area (Å²) in [6, 6.07) is 0.151. The fraction of sp³-hybridized carbons (Fsp3) is 0.647. The third-order valence-corrected chi connectivity index (χ3v) is 5.64. The summed E-state index contributed by atoms with van der Waals surface area (Å²) in [6.07, 6.45) is 1.99. The number of thiazole rings is 1. The quantitative estimate of drug-likeness (QED) is 0.712. The van der Waals surface area contributed by atoms with Crippen molar-refractivity contribution in [2.75, 3.05) is 13.7 Å². The molecule has 0 aromatic carbocycles. The fourth-order valence-corrected chi connectivity index (χ4v) is 4.14. The number of carbonyl (C=O) groups is 1. The van der Waals surface area contributed by atoms with Crippen LogP contribution in [-0.2, 0) is 29.1 Å². The third-order valence-electron chi connectivity index (χ3n) is 4.71. The van der Waals surface area contributed by atoms with Crippen molar-refractivity contribution in [1.82, 2.24) is 25.1 Å². The molecule has 2 aromatic rings. The summed E-state index contributed by atoms with van der Waals surface area (Å²) in [4.78, 5) is 17.8. The van der Waals surface area contributed by atoms with E-state index in [9.17, 15) is 9.90 Å². The molecular weight excluding hydrogens is 354 g/mol. The van der Waals surface area contributed by atoms with E-state index >= 15 is 0 Å². The molecule has 1 aliphatic carbocycles. The Bertz CT molecular complexity index is 767. The topological polar surface area (TPSA) is 102 Å². The monoisotopic (exact) mass is 379 g/mol. The molecule has 0 radical (unpaired) electrons. The van der Waals surface area contributed by atoms with Gasteiger partial charge in [-0.3, -0.25) is 4.79 Å². The highest BCUT2D eigenvalue weighted by Crippen LogP contribution is 2.36. The minimum absolute atomic E-state index is 0.0127. The number of methoxy groups -OCH3 is 1. The molecular formula is C17H25N5O3S. The predicted molar refractivity (Wildman–Crippen MR) is 97.0 cm³/mol. The van der Waals surface area contributed by atoms with Crippen LogP contribution in [0.4, 0.5) is 0 Å². The van der Waals surface area contributed by atoms with Gasteiger partial charge in [-0.1, -0.05) is 0 Å². The first kappa shape index (κ1) is 18.9. The van der Waals surface area contributed by atoms with Gasteiger partial charge in [-0.2, -0.15) is 0 Å². The number of hydrogen-bond donors (Lipinski definition) is 2. The largest absolute Gasteiger partial charge is 0.388 e. The molecule has 26 heavy (non-hydrogen) atoms. The Labute approximate surface area is 156 Å². The van der Waals surface area contributed by atoms with Gasteiger partial charge in [0.05, 0.1) is 23.7 Å². The van der Waals surface area contributed by atoms with Crippen molar-refractivity contribution in [3.05, 3.63) is 27.2 Å². The number of rotatable bonds is 8. The molecule has 0 spiro atoms. The first-order valence-corrected chi connectivity index (χ1v) is 9.57. The summed E-state index contributed by atoms with van der Waals surface area (Å²) < 4.78 is 7.05. The summed E-state index contributed by atoms with van der Waals surface area (Å²) in [5.41, 5.74) is 0.868. The molecule has 0 unspecified atom stereocenters. The van der Waals surface area contributed by atoms with Crippen molar-refractivity contribution in [2.24, 2.45) is 0 Å². The van der Waals surface area contributed by atoms with E-state index < -0.39 is 0 Å². The molecule has 2 aromatic heterocycles. The second kappa shape index (κ2) is 8.24. The Morgan fingerprint density at radius 3 is 2.77 bits per heavy atom. The number of carbonyl (C=O) groups excluding carboxylic acids is 1. The Kier molecular flexibility index (Phi) is 6.00. The first-order valence-electron chi connectivity index (χ1n) is 8.75. The van der Waals surface area contributed by atoms with E-state index in [1.165, 1.54) is 0 Å². The number of hydrogen-bond acceptors (Lipinski definition) is 7. The average Bonchev–Trinajstić information content (AvgIpc) is 3.10. The molecule has 1 amide bonds. The molecule has 2 N–H and O–H groups in total. The zero-order chi connectivity index (χ0) is 18.7. The molecule has 1 saturated carbocycles. The van der Waals surface area contributed by atoms with Crippen molar-refractivity contribution in [1.29, 1.82) is 0 Å². The summed E-state index contributed by atoms with van der Waals surface area (Å²) >= 11 is 1.62. The van der Waals surface area contributed by atoms with Crippen molar-refractivity contribution in [2.45, 2.75) is 58.2 Å². The molecule has 0 bridgehead atoms. The van der Waals surface area contributed by atoms with Crippen LogP contribution in [0.5, 0.6) is 0 Å². The lowest BCUT2D eigenvalue weighted by atomic mass is 9.79. The van der Waals surface area contributed by atoms with E-state index in [0.717, 1.165) is 34.2 Å². The minimum atomic E-state index is -0.143. The van der Waals surface area contributed by atoms with Crippen molar-refractivity contribution in [3.8, 4) is 0 Å². The van der Waals surface area contributed by atoms with Gasteiger partial charge in [0, 0.05) is 30.5 Å². The van der Waals surface area contributed by atoms with Crippen molar-refractivity contribution >= 4 is 17.2 Å². The van der Waals surface area contributed by atoms with Crippen LogP contribution in [-0.4, -0.2) is 50.5 Å². The number of aromatic nitrogens is 4. The molecule has 0 aliphatic heterocycles. The summed E-state index contributed by atoms with van der Waals surface area (Å²) in [7, 11) is 1.64. The summed E-state index contributed by atoms with van der Waals surface area (Å²) in [5, 5.41) is 21.8. The lowest BCUT2D eigenvalue weighted by molar-refractivity contribution is -0.121. The van der Waals surface area contributed by atoms with Crippen molar-refractivity contribution in [3.63, 3.8) is 0 Å². The first-order chi connectivity index (χ1) is 12.5. The zero-order valence-corrected chi connectivity index (χ0v) is 16.2. The van der Waals surface area contributed by atoms with Crippen LogP contribution < -0.4 is 5.32 Å². The van der Waals surface area contributed by atoms with Crippen LogP contribution in [0.2, 0.25) is 0 Å². The fourth-order valence-electron chi connectivity index (χ4n) is 3.31. The summed E-state index contributed by atoms with van der Waals surface area (Å²) in [6.45, 7) is 4.96. The van der Waals surface area contributed by atoms with Gasteiger partial charge in [-0.25, -0.2) is 4.98 Å². The third kappa shape index (κ3) is 4.11. The maximum Gasteiger partial charge on any atom is 0.226 e.